The van der Waals surface area contributed by atoms with E-state index in [0.29, 0.717) is 5.56 Å². The summed E-state index contributed by atoms with van der Waals surface area (Å²) in [6.07, 6.45) is -0.656. The van der Waals surface area contributed by atoms with Crippen molar-refractivity contribution in [1.82, 2.24) is 15.5 Å². The average Bonchev–Trinajstić information content (AvgIpc) is 2.85. The van der Waals surface area contributed by atoms with Gasteiger partial charge in [-0.25, -0.2) is 4.79 Å². The zero-order valence-corrected chi connectivity index (χ0v) is 24.1. The van der Waals surface area contributed by atoms with Crippen LogP contribution in [0, 0.1) is 0 Å². The van der Waals surface area contributed by atoms with Crippen LogP contribution >= 0.6 is 0 Å². The van der Waals surface area contributed by atoms with Gasteiger partial charge in [-0.3, -0.25) is 14.4 Å². The van der Waals surface area contributed by atoms with Gasteiger partial charge in [0.2, 0.25) is 11.8 Å². The topological polar surface area (TPSA) is 134 Å². The van der Waals surface area contributed by atoms with Crippen molar-refractivity contribution in [3.05, 3.63) is 65.7 Å². The smallest absolute Gasteiger partial charge is 0.408 e. The number of phenolic OH excluding ortho intramolecular Hbond substituents is 1. The van der Waals surface area contributed by atoms with Gasteiger partial charge in [-0.15, -0.1) is 0 Å². The summed E-state index contributed by atoms with van der Waals surface area (Å²) < 4.78 is 10.4. The molecule has 3 amide bonds. The molecule has 0 aromatic heterocycles. The van der Waals surface area contributed by atoms with Gasteiger partial charge in [-0.05, 0) is 64.8 Å². The number of ether oxygens (including phenoxy) is 2. The second-order valence-corrected chi connectivity index (χ2v) is 10.6. The predicted octanol–water partition coefficient (Wildman–Crippen LogP) is 3.88. The number of hydrogen-bond acceptors (Lipinski definition) is 7. The van der Waals surface area contributed by atoms with Crippen molar-refractivity contribution in [2.75, 3.05) is 13.2 Å². The molecule has 0 saturated heterocycles. The van der Waals surface area contributed by atoms with Gasteiger partial charge in [0.15, 0.2) is 0 Å². The lowest BCUT2D eigenvalue weighted by Gasteiger charge is -2.37. The van der Waals surface area contributed by atoms with Gasteiger partial charge >= 0.3 is 12.1 Å². The Labute approximate surface area is 236 Å². The third-order valence-corrected chi connectivity index (χ3v) is 5.73. The molecule has 10 heteroatoms. The van der Waals surface area contributed by atoms with Gasteiger partial charge in [0.05, 0.1) is 13.0 Å². The molecule has 3 N–H and O–H groups in total. The SMILES string of the molecule is CCOC(=O)CCNC(=O)C(c1cccc(O)c1)N(C(=O)C(Cc1ccccc1)NC(=O)OC(C)(C)C)C(C)C. The van der Waals surface area contributed by atoms with Crippen molar-refractivity contribution >= 4 is 23.9 Å². The number of amides is 3. The molecule has 2 atom stereocenters. The Kier molecular flexibility index (Phi) is 12.0. The van der Waals surface area contributed by atoms with Gasteiger partial charge in [-0.1, -0.05) is 42.5 Å². The highest BCUT2D eigenvalue weighted by Gasteiger charge is 2.38. The van der Waals surface area contributed by atoms with E-state index in [1.165, 1.54) is 17.0 Å². The molecular weight excluding hydrogens is 514 g/mol. The molecule has 0 heterocycles. The van der Waals surface area contributed by atoms with Gasteiger partial charge in [0.1, 0.15) is 23.4 Å². The Bertz CT molecular complexity index is 1150. The third-order valence-electron chi connectivity index (χ3n) is 5.73. The summed E-state index contributed by atoms with van der Waals surface area (Å²) in [5, 5.41) is 15.6. The van der Waals surface area contributed by atoms with Crippen molar-refractivity contribution in [3.8, 4) is 5.75 Å². The second kappa shape index (κ2) is 14.9. The van der Waals surface area contributed by atoms with Gasteiger partial charge in [-0.2, -0.15) is 0 Å². The number of esters is 1. The van der Waals surface area contributed by atoms with Crippen LogP contribution < -0.4 is 10.6 Å². The van der Waals surface area contributed by atoms with E-state index in [1.54, 1.807) is 53.7 Å². The number of rotatable bonds is 12. The molecule has 2 aromatic rings. The molecule has 2 aromatic carbocycles. The Hall–Kier alpha value is -4.08. The highest BCUT2D eigenvalue weighted by molar-refractivity contribution is 5.92. The predicted molar refractivity (Wildman–Crippen MR) is 150 cm³/mol. The van der Waals surface area contributed by atoms with Crippen molar-refractivity contribution < 1.29 is 33.8 Å². The van der Waals surface area contributed by atoms with Crippen LogP contribution in [0.15, 0.2) is 54.6 Å². The maximum Gasteiger partial charge on any atom is 0.408 e. The lowest BCUT2D eigenvalue weighted by Crippen LogP contribution is -2.55. The first-order valence-corrected chi connectivity index (χ1v) is 13.4. The van der Waals surface area contributed by atoms with Crippen molar-refractivity contribution in [3.63, 3.8) is 0 Å². The van der Waals surface area contributed by atoms with Crippen LogP contribution in [0.5, 0.6) is 5.75 Å². The van der Waals surface area contributed by atoms with Crippen LogP contribution in [0.1, 0.15) is 65.1 Å². The van der Waals surface area contributed by atoms with E-state index < -0.39 is 47.6 Å². The Balaban J connectivity index is 2.46. The normalized spacial score (nSPS) is 12.7. The summed E-state index contributed by atoms with van der Waals surface area (Å²) in [7, 11) is 0. The minimum Gasteiger partial charge on any atom is -0.508 e. The largest absolute Gasteiger partial charge is 0.508 e. The molecule has 0 saturated carbocycles. The Morgan fingerprint density at radius 2 is 1.68 bits per heavy atom. The van der Waals surface area contributed by atoms with Crippen molar-refractivity contribution in [2.24, 2.45) is 0 Å². The minimum atomic E-state index is -1.17. The number of nitrogens with zero attached hydrogens (tertiary/aromatic N) is 1. The summed E-state index contributed by atoms with van der Waals surface area (Å²) in [6.45, 7) is 10.6. The number of phenols is 1. The quantitative estimate of drug-likeness (QED) is 0.339. The minimum absolute atomic E-state index is 0.00326. The van der Waals surface area contributed by atoms with Gasteiger partial charge in [0.25, 0.3) is 0 Å². The fourth-order valence-corrected chi connectivity index (χ4v) is 4.11. The monoisotopic (exact) mass is 555 g/mol. The molecular formula is C30H41N3O7. The number of carbonyl (C=O) groups is 4. The van der Waals surface area contributed by atoms with E-state index >= 15 is 0 Å². The van der Waals surface area contributed by atoms with Crippen LogP contribution in [-0.2, 0) is 30.3 Å². The lowest BCUT2D eigenvalue weighted by atomic mass is 9.98. The number of benzene rings is 2. The fraction of sp³-hybridized carbons (Fsp3) is 0.467. The van der Waals surface area contributed by atoms with Crippen LogP contribution in [0.4, 0.5) is 4.79 Å². The Morgan fingerprint density at radius 1 is 1.00 bits per heavy atom. The maximum atomic E-state index is 14.2. The lowest BCUT2D eigenvalue weighted by molar-refractivity contribution is -0.145. The average molecular weight is 556 g/mol. The molecule has 40 heavy (non-hydrogen) atoms. The van der Waals surface area contributed by atoms with Gasteiger partial charge in [0, 0.05) is 19.0 Å². The van der Waals surface area contributed by atoms with E-state index in [9.17, 15) is 24.3 Å². The molecule has 0 radical (unpaired) electrons. The van der Waals surface area contributed by atoms with Crippen LogP contribution in [0.2, 0.25) is 0 Å². The van der Waals surface area contributed by atoms with E-state index in [-0.39, 0.29) is 31.7 Å². The summed E-state index contributed by atoms with van der Waals surface area (Å²) >= 11 is 0. The van der Waals surface area contributed by atoms with Crippen LogP contribution in [0.25, 0.3) is 0 Å². The van der Waals surface area contributed by atoms with Crippen LogP contribution in [0.3, 0.4) is 0 Å². The molecule has 0 spiro atoms. The number of alkyl carbamates (subject to hydrolysis) is 1. The highest BCUT2D eigenvalue weighted by atomic mass is 16.6. The molecule has 2 unspecified atom stereocenters. The zero-order valence-electron chi connectivity index (χ0n) is 24.1. The molecule has 0 aliphatic heterocycles. The molecule has 0 aliphatic rings. The van der Waals surface area contributed by atoms with E-state index in [2.05, 4.69) is 10.6 Å². The van der Waals surface area contributed by atoms with Crippen LogP contribution in [-0.4, -0.2) is 64.7 Å². The first-order chi connectivity index (χ1) is 18.8. The molecule has 0 fully saturated rings. The number of aromatic hydroxyl groups is 1. The Morgan fingerprint density at radius 3 is 2.25 bits per heavy atom. The maximum absolute atomic E-state index is 14.2. The molecule has 218 valence electrons. The number of nitrogens with one attached hydrogen (secondary N) is 2. The van der Waals surface area contributed by atoms with Crippen molar-refractivity contribution in [2.45, 2.75) is 78.1 Å². The molecule has 10 nitrogen and oxygen atoms in total. The summed E-state index contributed by atoms with van der Waals surface area (Å²) in [5.41, 5.74) is 0.380. The number of carbonyl (C=O) groups excluding carboxylic acids is 4. The zero-order chi connectivity index (χ0) is 29.9. The fourth-order valence-electron chi connectivity index (χ4n) is 4.11. The second-order valence-electron chi connectivity index (χ2n) is 10.6. The number of hydrogen-bond donors (Lipinski definition) is 3. The van der Waals surface area contributed by atoms with E-state index in [4.69, 9.17) is 9.47 Å². The highest BCUT2D eigenvalue weighted by Crippen LogP contribution is 2.28. The molecule has 0 aliphatic carbocycles. The summed E-state index contributed by atoms with van der Waals surface area (Å²) in [5.74, 6) is -1.60. The van der Waals surface area contributed by atoms with E-state index in [1.807, 2.05) is 30.3 Å². The molecule has 2 rings (SSSR count). The first kappa shape index (κ1) is 32.1. The van der Waals surface area contributed by atoms with Crippen molar-refractivity contribution in [1.29, 1.82) is 0 Å². The first-order valence-electron chi connectivity index (χ1n) is 13.4. The van der Waals surface area contributed by atoms with Gasteiger partial charge < -0.3 is 30.1 Å². The van der Waals surface area contributed by atoms with E-state index in [0.717, 1.165) is 5.56 Å². The summed E-state index contributed by atoms with van der Waals surface area (Å²) in [6, 6.07) is 12.5. The third kappa shape index (κ3) is 10.2. The molecule has 0 bridgehead atoms. The standard InChI is InChI=1S/C30H41N3O7/c1-7-39-25(35)16-17-31-27(36)26(22-14-11-15-23(34)19-22)33(20(2)3)28(37)24(18-21-12-9-8-10-13-21)32-29(38)40-30(4,5)6/h8-15,19-20,24,26,34H,7,16-18H2,1-6H3,(H,31,36)(H,32,38). The summed E-state index contributed by atoms with van der Waals surface area (Å²) in [4.78, 5) is 53.7.